The third-order valence-corrected chi connectivity index (χ3v) is 4.25. The minimum Gasteiger partial charge on any atom is -0.385 e. The first-order chi connectivity index (χ1) is 9.69. The summed E-state index contributed by atoms with van der Waals surface area (Å²) in [5, 5.41) is 14.2. The number of benzene rings is 1. The van der Waals surface area contributed by atoms with Crippen LogP contribution in [0.3, 0.4) is 0 Å². The molecule has 0 aromatic heterocycles. The maximum absolute atomic E-state index is 11.0. The highest BCUT2D eigenvalue weighted by Gasteiger charge is 2.17. The van der Waals surface area contributed by atoms with Crippen molar-refractivity contribution in [3.05, 3.63) is 28.3 Å². The number of rotatable bonds is 7. The van der Waals surface area contributed by atoms with Crippen LogP contribution in [-0.4, -0.2) is 29.9 Å². The molecule has 0 spiro atoms. The lowest BCUT2D eigenvalue weighted by Gasteiger charge is -2.10. The minimum absolute atomic E-state index is 0.140. The van der Waals surface area contributed by atoms with Crippen molar-refractivity contribution in [3.8, 4) is 0 Å². The van der Waals surface area contributed by atoms with E-state index in [4.69, 9.17) is 4.74 Å². The molecule has 0 radical (unpaired) electrons. The summed E-state index contributed by atoms with van der Waals surface area (Å²) >= 11 is 1.63. The number of hydrogen-bond donors (Lipinski definition) is 1. The number of hydrogen-bond acceptors (Lipinski definition) is 5. The smallest absolute Gasteiger partial charge is 0.272 e. The van der Waals surface area contributed by atoms with E-state index in [2.05, 4.69) is 12.2 Å². The van der Waals surface area contributed by atoms with Crippen LogP contribution in [0.2, 0.25) is 0 Å². The number of nitrogens with zero attached hydrogens (tertiary/aromatic N) is 1. The fourth-order valence-electron chi connectivity index (χ4n) is 2.11. The van der Waals surface area contributed by atoms with Crippen LogP contribution >= 0.6 is 11.8 Å². The fourth-order valence-corrected chi connectivity index (χ4v) is 3.16. The van der Waals surface area contributed by atoms with E-state index in [1.807, 2.05) is 6.07 Å². The summed E-state index contributed by atoms with van der Waals surface area (Å²) in [6.45, 7) is 3.72. The highest BCUT2D eigenvalue weighted by Crippen LogP contribution is 2.30. The number of ether oxygens (including phenoxy) is 1. The van der Waals surface area contributed by atoms with Gasteiger partial charge in [-0.2, -0.15) is 0 Å². The Hall–Kier alpha value is -1.27. The predicted octanol–water partition coefficient (Wildman–Crippen LogP) is 3.69. The standard InChI is InChI=1S/C14H20N2O3S/c1-2-5-15-11-7-12(16(17)18)9-14(8-11)20-10-13-4-3-6-19-13/h7-9,13,15H,2-6,10H2,1H3. The Bertz CT molecular complexity index is 462. The van der Waals surface area contributed by atoms with Crippen molar-refractivity contribution in [3.63, 3.8) is 0 Å². The van der Waals surface area contributed by atoms with Crippen LogP contribution in [0.5, 0.6) is 0 Å². The molecule has 1 aromatic carbocycles. The quantitative estimate of drug-likeness (QED) is 0.472. The third-order valence-electron chi connectivity index (χ3n) is 3.14. The molecule has 1 aliphatic rings. The molecule has 1 atom stereocenters. The number of nitro groups is 1. The summed E-state index contributed by atoms with van der Waals surface area (Å²) in [6.07, 6.45) is 3.47. The zero-order valence-electron chi connectivity index (χ0n) is 11.6. The summed E-state index contributed by atoms with van der Waals surface area (Å²) in [5.41, 5.74) is 0.955. The Morgan fingerprint density at radius 3 is 3.00 bits per heavy atom. The van der Waals surface area contributed by atoms with Gasteiger partial charge in [0.25, 0.3) is 5.69 Å². The number of non-ortho nitro benzene ring substituents is 1. The molecule has 1 unspecified atom stereocenters. The lowest BCUT2D eigenvalue weighted by Crippen LogP contribution is -2.07. The van der Waals surface area contributed by atoms with Gasteiger partial charge in [0.05, 0.1) is 11.0 Å². The predicted molar refractivity (Wildman–Crippen MR) is 81.6 cm³/mol. The topological polar surface area (TPSA) is 64.4 Å². The van der Waals surface area contributed by atoms with Crippen molar-refractivity contribution in [1.29, 1.82) is 0 Å². The number of thioether (sulfide) groups is 1. The summed E-state index contributed by atoms with van der Waals surface area (Å²) in [6, 6.07) is 5.20. The Balaban J connectivity index is 2.04. The molecule has 0 aliphatic carbocycles. The molecule has 1 N–H and O–H groups in total. The van der Waals surface area contributed by atoms with E-state index in [9.17, 15) is 10.1 Å². The first-order valence-corrected chi connectivity index (χ1v) is 7.95. The van der Waals surface area contributed by atoms with E-state index < -0.39 is 0 Å². The monoisotopic (exact) mass is 296 g/mol. The zero-order valence-corrected chi connectivity index (χ0v) is 12.4. The number of nitrogens with one attached hydrogen (secondary N) is 1. The molecule has 1 aliphatic heterocycles. The van der Waals surface area contributed by atoms with Crippen LogP contribution in [0.1, 0.15) is 26.2 Å². The second kappa shape index (κ2) is 7.50. The fraction of sp³-hybridized carbons (Fsp3) is 0.571. The number of anilines is 1. The van der Waals surface area contributed by atoms with Crippen LogP contribution in [0.15, 0.2) is 23.1 Å². The van der Waals surface area contributed by atoms with Crippen molar-refractivity contribution in [2.24, 2.45) is 0 Å². The molecule has 20 heavy (non-hydrogen) atoms. The molecule has 110 valence electrons. The molecule has 1 aromatic rings. The Kier molecular flexibility index (Phi) is 5.67. The number of nitro benzene ring substituents is 1. The Morgan fingerprint density at radius 1 is 1.50 bits per heavy atom. The van der Waals surface area contributed by atoms with Gasteiger partial charge in [-0.05, 0) is 25.3 Å². The largest absolute Gasteiger partial charge is 0.385 e. The van der Waals surface area contributed by atoms with Crippen LogP contribution in [0.25, 0.3) is 0 Å². The molecular formula is C14H20N2O3S. The summed E-state index contributed by atoms with van der Waals surface area (Å²) < 4.78 is 5.58. The van der Waals surface area contributed by atoms with E-state index in [1.165, 1.54) is 0 Å². The highest BCUT2D eigenvalue weighted by atomic mass is 32.2. The summed E-state index contributed by atoms with van der Waals surface area (Å²) in [7, 11) is 0. The van der Waals surface area contributed by atoms with Crippen LogP contribution < -0.4 is 5.32 Å². The molecule has 0 amide bonds. The van der Waals surface area contributed by atoms with Crippen LogP contribution in [0.4, 0.5) is 11.4 Å². The van der Waals surface area contributed by atoms with Crippen molar-refractivity contribution < 1.29 is 9.66 Å². The van der Waals surface area contributed by atoms with Crippen molar-refractivity contribution >= 4 is 23.1 Å². The molecule has 0 bridgehead atoms. The average Bonchev–Trinajstić information content (AvgIpc) is 2.96. The van der Waals surface area contributed by atoms with E-state index >= 15 is 0 Å². The van der Waals surface area contributed by atoms with E-state index in [1.54, 1.807) is 23.9 Å². The molecule has 2 rings (SSSR count). The Labute approximate surface area is 123 Å². The first kappa shape index (κ1) is 15.1. The van der Waals surface area contributed by atoms with Crippen LogP contribution in [-0.2, 0) is 4.74 Å². The third kappa shape index (κ3) is 4.38. The normalized spacial score (nSPS) is 18.1. The van der Waals surface area contributed by atoms with Gasteiger partial charge in [0.2, 0.25) is 0 Å². The average molecular weight is 296 g/mol. The minimum atomic E-state index is -0.340. The lowest BCUT2D eigenvalue weighted by molar-refractivity contribution is -0.385. The molecule has 6 heteroatoms. The summed E-state index contributed by atoms with van der Waals surface area (Å²) in [4.78, 5) is 11.6. The van der Waals surface area contributed by atoms with E-state index in [0.29, 0.717) is 0 Å². The van der Waals surface area contributed by atoms with Crippen molar-refractivity contribution in [2.45, 2.75) is 37.2 Å². The molecule has 1 heterocycles. The molecule has 1 saturated heterocycles. The van der Waals surface area contributed by atoms with Crippen LogP contribution in [0, 0.1) is 10.1 Å². The van der Waals surface area contributed by atoms with E-state index in [0.717, 1.165) is 48.7 Å². The first-order valence-electron chi connectivity index (χ1n) is 6.97. The van der Waals surface area contributed by atoms with Gasteiger partial charge in [-0.1, -0.05) is 6.92 Å². The van der Waals surface area contributed by atoms with Gasteiger partial charge in [0.15, 0.2) is 0 Å². The van der Waals surface area contributed by atoms with Gasteiger partial charge in [-0.3, -0.25) is 10.1 Å². The van der Waals surface area contributed by atoms with Gasteiger partial charge >= 0.3 is 0 Å². The SMILES string of the molecule is CCCNc1cc(SCC2CCCO2)cc([N+](=O)[O-])c1. The van der Waals surface area contributed by atoms with Crippen molar-refractivity contribution in [1.82, 2.24) is 0 Å². The molecular weight excluding hydrogens is 276 g/mol. The van der Waals surface area contributed by atoms with Crippen molar-refractivity contribution in [2.75, 3.05) is 24.2 Å². The lowest BCUT2D eigenvalue weighted by atomic mass is 10.2. The zero-order chi connectivity index (χ0) is 14.4. The van der Waals surface area contributed by atoms with Gasteiger partial charge in [0.1, 0.15) is 0 Å². The maximum atomic E-state index is 11.0. The van der Waals surface area contributed by atoms with Gasteiger partial charge < -0.3 is 10.1 Å². The van der Waals surface area contributed by atoms with Gasteiger partial charge in [0, 0.05) is 41.6 Å². The molecule has 1 fully saturated rings. The second-order valence-electron chi connectivity index (χ2n) is 4.85. The molecule has 0 saturated carbocycles. The maximum Gasteiger partial charge on any atom is 0.272 e. The summed E-state index contributed by atoms with van der Waals surface area (Å²) in [5.74, 6) is 0.856. The van der Waals surface area contributed by atoms with E-state index in [-0.39, 0.29) is 16.7 Å². The Morgan fingerprint density at radius 2 is 2.35 bits per heavy atom. The second-order valence-corrected chi connectivity index (χ2v) is 5.94. The highest BCUT2D eigenvalue weighted by molar-refractivity contribution is 7.99. The molecule has 5 nitrogen and oxygen atoms in total. The van der Waals surface area contributed by atoms with Gasteiger partial charge in [-0.15, -0.1) is 11.8 Å². The van der Waals surface area contributed by atoms with Gasteiger partial charge in [-0.25, -0.2) is 0 Å².